The predicted molar refractivity (Wildman–Crippen MR) is 90.0 cm³/mol. The number of carbonyl (C=O) groups is 1. The standard InChI is InChI=1S/C18H21FN2O2/c1-2-14(13-22)21(15-8-4-3-5-9-15)12-18(23)20-17-11-7-6-10-16(17)19/h3-11,14,22H,2,12-13H2,1H3,(H,20,23). The number of benzene rings is 2. The van der Waals surface area contributed by atoms with Crippen LogP contribution in [0.5, 0.6) is 0 Å². The van der Waals surface area contributed by atoms with Gasteiger partial charge in [0.2, 0.25) is 5.91 Å². The van der Waals surface area contributed by atoms with Crippen molar-refractivity contribution < 1.29 is 14.3 Å². The fraction of sp³-hybridized carbons (Fsp3) is 0.278. The van der Waals surface area contributed by atoms with Gasteiger partial charge in [0, 0.05) is 5.69 Å². The molecule has 0 aliphatic carbocycles. The van der Waals surface area contributed by atoms with Crippen LogP contribution >= 0.6 is 0 Å². The molecule has 0 heterocycles. The van der Waals surface area contributed by atoms with Crippen molar-refractivity contribution in [1.82, 2.24) is 0 Å². The average Bonchev–Trinajstić information content (AvgIpc) is 2.58. The van der Waals surface area contributed by atoms with Gasteiger partial charge >= 0.3 is 0 Å². The summed E-state index contributed by atoms with van der Waals surface area (Å²) in [5.41, 5.74) is 1.000. The molecule has 0 aliphatic rings. The second-order valence-corrected chi connectivity index (χ2v) is 5.24. The van der Waals surface area contributed by atoms with Crippen molar-refractivity contribution in [2.24, 2.45) is 0 Å². The smallest absolute Gasteiger partial charge is 0.243 e. The zero-order valence-corrected chi connectivity index (χ0v) is 13.1. The van der Waals surface area contributed by atoms with E-state index in [0.717, 1.165) is 5.69 Å². The minimum Gasteiger partial charge on any atom is -0.394 e. The number of hydrogen-bond donors (Lipinski definition) is 2. The number of hydrogen-bond acceptors (Lipinski definition) is 3. The van der Waals surface area contributed by atoms with Gasteiger partial charge in [-0.3, -0.25) is 4.79 Å². The van der Waals surface area contributed by atoms with Crippen LogP contribution in [0.3, 0.4) is 0 Å². The van der Waals surface area contributed by atoms with Crippen LogP contribution in [0, 0.1) is 5.82 Å². The van der Waals surface area contributed by atoms with Crippen molar-refractivity contribution in [3.05, 3.63) is 60.4 Å². The fourth-order valence-corrected chi connectivity index (χ4v) is 2.41. The summed E-state index contributed by atoms with van der Waals surface area (Å²) in [4.78, 5) is 14.1. The van der Waals surface area contributed by atoms with E-state index in [9.17, 15) is 14.3 Å². The summed E-state index contributed by atoms with van der Waals surface area (Å²) in [6.45, 7) is 1.93. The maximum Gasteiger partial charge on any atom is 0.243 e. The Hall–Kier alpha value is -2.40. The van der Waals surface area contributed by atoms with E-state index >= 15 is 0 Å². The highest BCUT2D eigenvalue weighted by atomic mass is 19.1. The quantitative estimate of drug-likeness (QED) is 0.825. The molecule has 2 aromatic rings. The maximum absolute atomic E-state index is 13.6. The molecule has 0 fully saturated rings. The zero-order valence-electron chi connectivity index (χ0n) is 13.1. The SMILES string of the molecule is CCC(CO)N(CC(=O)Nc1ccccc1F)c1ccccc1. The van der Waals surface area contributed by atoms with Crippen molar-refractivity contribution >= 4 is 17.3 Å². The molecule has 0 radical (unpaired) electrons. The number of carbonyl (C=O) groups excluding carboxylic acids is 1. The first kappa shape index (κ1) is 17.0. The molecule has 2 N–H and O–H groups in total. The second-order valence-electron chi connectivity index (χ2n) is 5.24. The molecular weight excluding hydrogens is 295 g/mol. The van der Waals surface area contributed by atoms with Gasteiger partial charge in [-0.1, -0.05) is 37.3 Å². The Kier molecular flexibility index (Phi) is 6.11. The van der Waals surface area contributed by atoms with Crippen LogP contribution in [0.2, 0.25) is 0 Å². The Morgan fingerprint density at radius 3 is 2.43 bits per heavy atom. The molecular formula is C18H21FN2O2. The first-order chi connectivity index (χ1) is 11.2. The summed E-state index contributed by atoms with van der Waals surface area (Å²) in [6.07, 6.45) is 0.693. The van der Waals surface area contributed by atoms with E-state index in [-0.39, 0.29) is 30.8 Å². The Bertz CT molecular complexity index is 630. The lowest BCUT2D eigenvalue weighted by atomic mass is 10.1. The van der Waals surface area contributed by atoms with E-state index in [1.54, 1.807) is 12.1 Å². The third kappa shape index (κ3) is 4.53. The minimum atomic E-state index is -0.471. The van der Waals surface area contributed by atoms with Crippen molar-refractivity contribution in [2.75, 3.05) is 23.4 Å². The lowest BCUT2D eigenvalue weighted by molar-refractivity contribution is -0.115. The van der Waals surface area contributed by atoms with Crippen molar-refractivity contribution in [2.45, 2.75) is 19.4 Å². The van der Waals surface area contributed by atoms with Crippen LogP contribution < -0.4 is 10.2 Å². The largest absolute Gasteiger partial charge is 0.394 e. The van der Waals surface area contributed by atoms with Crippen LogP contribution in [-0.4, -0.2) is 30.2 Å². The molecule has 5 heteroatoms. The van der Waals surface area contributed by atoms with E-state index in [0.29, 0.717) is 6.42 Å². The Labute approximate surface area is 135 Å². The topological polar surface area (TPSA) is 52.6 Å². The third-order valence-corrected chi connectivity index (χ3v) is 3.67. The second kappa shape index (κ2) is 8.29. The molecule has 0 aromatic heterocycles. The summed E-state index contributed by atoms with van der Waals surface area (Å²) < 4.78 is 13.6. The van der Waals surface area contributed by atoms with Crippen LogP contribution in [0.25, 0.3) is 0 Å². The lowest BCUT2D eigenvalue weighted by Crippen LogP contribution is -2.42. The molecule has 0 saturated carbocycles. The Morgan fingerprint density at radius 2 is 1.83 bits per heavy atom. The fourth-order valence-electron chi connectivity index (χ4n) is 2.41. The van der Waals surface area contributed by atoms with Gasteiger partial charge in [0.15, 0.2) is 0 Å². The highest BCUT2D eigenvalue weighted by Gasteiger charge is 2.20. The van der Waals surface area contributed by atoms with Crippen LogP contribution in [0.4, 0.5) is 15.8 Å². The molecule has 0 saturated heterocycles. The number of amides is 1. The summed E-state index contributed by atoms with van der Waals surface area (Å²) in [5, 5.41) is 12.1. The molecule has 122 valence electrons. The molecule has 1 atom stereocenters. The summed E-state index contributed by atoms with van der Waals surface area (Å²) >= 11 is 0. The molecule has 1 amide bonds. The number of halogens is 1. The van der Waals surface area contributed by atoms with Gasteiger partial charge in [-0.2, -0.15) is 0 Å². The zero-order chi connectivity index (χ0) is 16.7. The third-order valence-electron chi connectivity index (χ3n) is 3.67. The summed E-state index contributed by atoms with van der Waals surface area (Å²) in [5.74, 6) is -0.799. The number of nitrogens with one attached hydrogen (secondary N) is 1. The minimum absolute atomic E-state index is 0.0391. The Balaban J connectivity index is 2.14. The van der Waals surface area contributed by atoms with Crippen LogP contribution in [0.15, 0.2) is 54.6 Å². The molecule has 4 nitrogen and oxygen atoms in total. The normalized spacial score (nSPS) is 11.8. The number of rotatable bonds is 7. The van der Waals surface area contributed by atoms with Gasteiger partial charge in [0.25, 0.3) is 0 Å². The first-order valence-corrected chi connectivity index (χ1v) is 7.62. The van der Waals surface area contributed by atoms with Gasteiger partial charge in [0.1, 0.15) is 5.82 Å². The summed E-state index contributed by atoms with van der Waals surface area (Å²) in [7, 11) is 0. The van der Waals surface area contributed by atoms with Gasteiger partial charge in [-0.05, 0) is 30.7 Å². The predicted octanol–water partition coefficient (Wildman–Crippen LogP) is 3.04. The average molecular weight is 316 g/mol. The van der Waals surface area contributed by atoms with Crippen molar-refractivity contribution in [1.29, 1.82) is 0 Å². The van der Waals surface area contributed by atoms with Crippen molar-refractivity contribution in [3.63, 3.8) is 0 Å². The van der Waals surface area contributed by atoms with Crippen LogP contribution in [-0.2, 0) is 4.79 Å². The van der Waals surface area contributed by atoms with E-state index in [2.05, 4.69) is 5.32 Å². The molecule has 2 rings (SSSR count). The first-order valence-electron chi connectivity index (χ1n) is 7.62. The number of anilines is 2. The Morgan fingerprint density at radius 1 is 1.17 bits per heavy atom. The maximum atomic E-state index is 13.6. The molecule has 0 bridgehead atoms. The molecule has 0 aliphatic heterocycles. The number of nitrogens with zero attached hydrogens (tertiary/aromatic N) is 1. The van der Waals surface area contributed by atoms with Gasteiger partial charge in [-0.15, -0.1) is 0 Å². The van der Waals surface area contributed by atoms with Gasteiger partial charge in [0.05, 0.1) is 24.9 Å². The molecule has 0 spiro atoms. The van der Waals surface area contributed by atoms with E-state index < -0.39 is 5.82 Å². The highest BCUT2D eigenvalue weighted by Crippen LogP contribution is 2.19. The number of aliphatic hydroxyl groups is 1. The van der Waals surface area contributed by atoms with Gasteiger partial charge < -0.3 is 15.3 Å². The van der Waals surface area contributed by atoms with Gasteiger partial charge in [-0.25, -0.2) is 4.39 Å². The van der Waals surface area contributed by atoms with E-state index in [4.69, 9.17) is 0 Å². The number of aliphatic hydroxyl groups excluding tert-OH is 1. The molecule has 2 aromatic carbocycles. The highest BCUT2D eigenvalue weighted by molar-refractivity contribution is 5.94. The lowest BCUT2D eigenvalue weighted by Gasteiger charge is -2.31. The number of para-hydroxylation sites is 2. The molecule has 1 unspecified atom stereocenters. The monoisotopic (exact) mass is 316 g/mol. The van der Waals surface area contributed by atoms with E-state index in [1.807, 2.05) is 42.2 Å². The molecule has 23 heavy (non-hydrogen) atoms. The van der Waals surface area contributed by atoms with Crippen LogP contribution in [0.1, 0.15) is 13.3 Å². The summed E-state index contributed by atoms with van der Waals surface area (Å²) in [6, 6.07) is 15.3. The van der Waals surface area contributed by atoms with Crippen molar-refractivity contribution in [3.8, 4) is 0 Å². The van der Waals surface area contributed by atoms with E-state index in [1.165, 1.54) is 12.1 Å².